The van der Waals surface area contributed by atoms with E-state index in [2.05, 4.69) is 47.6 Å². The van der Waals surface area contributed by atoms with Crippen LogP contribution in [0.4, 0.5) is 5.82 Å². The Morgan fingerprint density at radius 3 is 2.55 bits per heavy atom. The van der Waals surface area contributed by atoms with Crippen LogP contribution < -0.4 is 5.32 Å². The minimum Gasteiger partial charge on any atom is -0.366 e. The number of nitriles is 1. The van der Waals surface area contributed by atoms with Crippen molar-refractivity contribution in [2.24, 2.45) is 0 Å². The van der Waals surface area contributed by atoms with Crippen molar-refractivity contribution in [2.45, 2.75) is 32.2 Å². The van der Waals surface area contributed by atoms with Crippen LogP contribution in [0.1, 0.15) is 30.9 Å². The second-order valence-electron chi connectivity index (χ2n) is 5.17. The number of pyridine rings is 1. The molecule has 0 aliphatic heterocycles. The highest BCUT2D eigenvalue weighted by molar-refractivity contribution is 5.65. The molecule has 1 fully saturated rings. The van der Waals surface area contributed by atoms with Gasteiger partial charge in [0.25, 0.3) is 0 Å². The van der Waals surface area contributed by atoms with Gasteiger partial charge in [-0.05, 0) is 37.0 Å². The molecule has 100 valence electrons. The zero-order valence-corrected chi connectivity index (χ0v) is 11.6. The fourth-order valence-corrected chi connectivity index (χ4v) is 2.15. The Morgan fingerprint density at radius 1 is 1.20 bits per heavy atom. The number of aryl methyl sites for hydroxylation is 1. The van der Waals surface area contributed by atoms with Crippen LogP contribution in [-0.2, 0) is 6.42 Å². The average Bonchev–Trinajstić information content (AvgIpc) is 3.31. The molecule has 1 heterocycles. The second-order valence-corrected chi connectivity index (χ2v) is 5.17. The van der Waals surface area contributed by atoms with Crippen LogP contribution in [0.25, 0.3) is 11.3 Å². The van der Waals surface area contributed by atoms with Crippen LogP contribution in [0.2, 0.25) is 0 Å². The third-order valence-corrected chi connectivity index (χ3v) is 3.59. The molecule has 0 bridgehead atoms. The first-order chi connectivity index (χ1) is 9.80. The zero-order chi connectivity index (χ0) is 13.9. The highest BCUT2D eigenvalue weighted by atomic mass is 15.0. The number of hydrogen-bond donors (Lipinski definition) is 1. The van der Waals surface area contributed by atoms with Crippen molar-refractivity contribution in [1.29, 1.82) is 5.26 Å². The van der Waals surface area contributed by atoms with Crippen LogP contribution in [0, 0.1) is 11.3 Å². The van der Waals surface area contributed by atoms with Crippen molar-refractivity contribution >= 4 is 5.82 Å². The van der Waals surface area contributed by atoms with E-state index in [4.69, 9.17) is 5.26 Å². The van der Waals surface area contributed by atoms with E-state index in [1.807, 2.05) is 12.1 Å². The Kier molecular flexibility index (Phi) is 3.39. The van der Waals surface area contributed by atoms with Gasteiger partial charge in [-0.25, -0.2) is 4.98 Å². The second kappa shape index (κ2) is 5.34. The number of benzene rings is 1. The maximum absolute atomic E-state index is 9.15. The fraction of sp³-hybridized carbons (Fsp3) is 0.294. The molecule has 1 N–H and O–H groups in total. The van der Waals surface area contributed by atoms with Crippen molar-refractivity contribution < 1.29 is 0 Å². The number of aromatic nitrogens is 1. The first kappa shape index (κ1) is 12.7. The summed E-state index contributed by atoms with van der Waals surface area (Å²) in [6.07, 6.45) is 3.37. The van der Waals surface area contributed by atoms with Gasteiger partial charge in [0.1, 0.15) is 11.9 Å². The maximum Gasteiger partial charge on any atom is 0.144 e. The van der Waals surface area contributed by atoms with Crippen LogP contribution in [0.15, 0.2) is 36.4 Å². The normalized spacial score (nSPS) is 13.8. The Bertz CT molecular complexity index is 649. The Balaban J connectivity index is 1.94. The number of nitrogens with zero attached hydrogens (tertiary/aromatic N) is 2. The van der Waals surface area contributed by atoms with Gasteiger partial charge in [-0.15, -0.1) is 0 Å². The van der Waals surface area contributed by atoms with Crippen LogP contribution in [0.3, 0.4) is 0 Å². The molecular weight excluding hydrogens is 246 g/mol. The lowest BCUT2D eigenvalue weighted by Crippen LogP contribution is -2.05. The van der Waals surface area contributed by atoms with Crippen molar-refractivity contribution in [3.63, 3.8) is 0 Å². The molecule has 0 unspecified atom stereocenters. The fourth-order valence-electron chi connectivity index (χ4n) is 2.15. The minimum atomic E-state index is 0.493. The summed E-state index contributed by atoms with van der Waals surface area (Å²) in [6, 6.07) is 14.9. The summed E-state index contributed by atoms with van der Waals surface area (Å²) in [4.78, 5) is 4.62. The Morgan fingerprint density at radius 2 is 1.95 bits per heavy atom. The molecule has 0 spiro atoms. The molecule has 20 heavy (non-hydrogen) atoms. The van der Waals surface area contributed by atoms with E-state index in [0.29, 0.717) is 17.4 Å². The molecule has 3 nitrogen and oxygen atoms in total. The standard InChI is InChI=1S/C17H17N3/c1-2-12-3-5-13(6-4-12)16-10-7-14(11-18)17(20-16)19-15-8-9-15/h3-7,10,15H,2,8-9H2,1H3,(H,19,20). The molecule has 0 radical (unpaired) electrons. The molecule has 0 atom stereocenters. The molecule has 0 saturated heterocycles. The van der Waals surface area contributed by atoms with Crippen molar-refractivity contribution in [1.82, 2.24) is 4.98 Å². The maximum atomic E-state index is 9.15. The van der Waals surface area contributed by atoms with Crippen molar-refractivity contribution in [3.8, 4) is 17.3 Å². The summed E-state index contributed by atoms with van der Waals surface area (Å²) in [5.41, 5.74) is 3.94. The van der Waals surface area contributed by atoms with Crippen molar-refractivity contribution in [3.05, 3.63) is 47.5 Å². The molecule has 1 aliphatic rings. The van der Waals surface area contributed by atoms with E-state index in [9.17, 15) is 0 Å². The van der Waals surface area contributed by atoms with Gasteiger partial charge in [0.05, 0.1) is 11.3 Å². The van der Waals surface area contributed by atoms with Crippen LogP contribution in [0.5, 0.6) is 0 Å². The van der Waals surface area contributed by atoms with Gasteiger partial charge in [0.2, 0.25) is 0 Å². The zero-order valence-electron chi connectivity index (χ0n) is 11.6. The quantitative estimate of drug-likeness (QED) is 0.913. The highest BCUT2D eigenvalue weighted by Gasteiger charge is 2.22. The first-order valence-electron chi connectivity index (χ1n) is 7.07. The van der Waals surface area contributed by atoms with E-state index in [0.717, 1.165) is 17.7 Å². The van der Waals surface area contributed by atoms with E-state index >= 15 is 0 Å². The molecule has 1 aromatic heterocycles. The predicted molar refractivity (Wildman–Crippen MR) is 80.4 cm³/mol. The predicted octanol–water partition coefficient (Wildman–Crippen LogP) is 3.76. The molecule has 2 aromatic rings. The molecule has 1 aromatic carbocycles. The molecule has 0 amide bonds. The van der Waals surface area contributed by atoms with Crippen molar-refractivity contribution in [2.75, 3.05) is 5.32 Å². The number of anilines is 1. The molecule has 3 rings (SSSR count). The average molecular weight is 263 g/mol. The highest BCUT2D eigenvalue weighted by Crippen LogP contribution is 2.27. The van der Waals surface area contributed by atoms with Gasteiger partial charge in [-0.1, -0.05) is 31.2 Å². The summed E-state index contributed by atoms with van der Waals surface area (Å²) in [6.45, 7) is 2.15. The van der Waals surface area contributed by atoms with Crippen LogP contribution in [-0.4, -0.2) is 11.0 Å². The number of nitrogens with one attached hydrogen (secondary N) is 1. The summed E-state index contributed by atoms with van der Waals surface area (Å²) in [5, 5.41) is 12.5. The summed E-state index contributed by atoms with van der Waals surface area (Å²) in [5.74, 6) is 0.715. The summed E-state index contributed by atoms with van der Waals surface area (Å²) >= 11 is 0. The van der Waals surface area contributed by atoms with Gasteiger partial charge in [-0.2, -0.15) is 5.26 Å². The third kappa shape index (κ3) is 2.65. The topological polar surface area (TPSA) is 48.7 Å². The Hall–Kier alpha value is -2.34. The van der Waals surface area contributed by atoms with Gasteiger partial charge < -0.3 is 5.32 Å². The first-order valence-corrected chi connectivity index (χ1v) is 7.07. The van der Waals surface area contributed by atoms with Gasteiger partial charge >= 0.3 is 0 Å². The third-order valence-electron chi connectivity index (χ3n) is 3.59. The van der Waals surface area contributed by atoms with Gasteiger partial charge in [0, 0.05) is 11.6 Å². The van der Waals surface area contributed by atoms with Gasteiger partial charge in [0.15, 0.2) is 0 Å². The number of rotatable bonds is 4. The molecule has 1 aliphatic carbocycles. The summed E-state index contributed by atoms with van der Waals surface area (Å²) in [7, 11) is 0. The largest absolute Gasteiger partial charge is 0.366 e. The molecule has 1 saturated carbocycles. The molecular formula is C17H17N3. The van der Waals surface area contributed by atoms with Crippen LogP contribution >= 0.6 is 0 Å². The SMILES string of the molecule is CCc1ccc(-c2ccc(C#N)c(NC3CC3)n2)cc1. The van der Waals surface area contributed by atoms with E-state index in [1.165, 1.54) is 18.4 Å². The van der Waals surface area contributed by atoms with E-state index < -0.39 is 0 Å². The molecule has 3 heteroatoms. The number of hydrogen-bond acceptors (Lipinski definition) is 3. The van der Waals surface area contributed by atoms with E-state index in [-0.39, 0.29) is 0 Å². The Labute approximate surface area is 119 Å². The lowest BCUT2D eigenvalue weighted by molar-refractivity contribution is 1.11. The summed E-state index contributed by atoms with van der Waals surface area (Å²) < 4.78 is 0. The smallest absolute Gasteiger partial charge is 0.144 e. The lowest BCUT2D eigenvalue weighted by atomic mass is 10.1. The monoisotopic (exact) mass is 263 g/mol. The minimum absolute atomic E-state index is 0.493. The van der Waals surface area contributed by atoms with Gasteiger partial charge in [-0.3, -0.25) is 0 Å². The van der Waals surface area contributed by atoms with E-state index in [1.54, 1.807) is 0 Å². The lowest BCUT2D eigenvalue weighted by Gasteiger charge is -2.09.